The maximum absolute atomic E-state index is 14.0. The minimum absolute atomic E-state index is 0.0212. The number of carbonyl (C=O) groups excluding carboxylic acids is 2. The Balaban J connectivity index is 2.06. The molecule has 0 unspecified atom stereocenters. The van der Waals surface area contributed by atoms with Gasteiger partial charge < -0.3 is 10.2 Å². The number of likely N-dealkylation sites (N-methyl/N-ethyl adjacent to an activating group) is 1. The van der Waals surface area contributed by atoms with Gasteiger partial charge in [0.05, 0.1) is 20.6 Å². The van der Waals surface area contributed by atoms with E-state index >= 15 is 0 Å². The van der Waals surface area contributed by atoms with Crippen LogP contribution in [0, 0.1) is 6.92 Å². The summed E-state index contributed by atoms with van der Waals surface area (Å²) in [6, 6.07) is 16.6. The molecule has 0 saturated carbocycles. The smallest absolute Gasteiger partial charge is 0.264 e. The first kappa shape index (κ1) is 30.8. The summed E-state index contributed by atoms with van der Waals surface area (Å²) >= 11 is 18.3. The fourth-order valence-electron chi connectivity index (χ4n) is 4.02. The largest absolute Gasteiger partial charge is 0.355 e. The normalized spacial score (nSPS) is 12.1. The van der Waals surface area contributed by atoms with E-state index in [1.165, 1.54) is 29.2 Å². The molecule has 2 amide bonds. The highest BCUT2D eigenvalue weighted by atomic mass is 35.5. The molecule has 0 radical (unpaired) electrons. The van der Waals surface area contributed by atoms with Crippen LogP contribution in [0.2, 0.25) is 15.1 Å². The van der Waals surface area contributed by atoms with Crippen LogP contribution >= 0.6 is 34.8 Å². The molecule has 0 aromatic heterocycles. The average Bonchev–Trinajstić information content (AvgIpc) is 2.90. The van der Waals surface area contributed by atoms with Gasteiger partial charge in [-0.15, -0.1) is 0 Å². The number of rotatable bonds is 11. The first-order valence-corrected chi connectivity index (χ1v) is 14.9. The number of halogens is 3. The predicted octanol–water partition coefficient (Wildman–Crippen LogP) is 6.09. The molecule has 11 heteroatoms. The second kappa shape index (κ2) is 13.5. The lowest BCUT2D eigenvalue weighted by Gasteiger charge is -2.33. The van der Waals surface area contributed by atoms with Gasteiger partial charge in [0.15, 0.2) is 0 Å². The van der Waals surface area contributed by atoms with Crippen LogP contribution in [-0.2, 0) is 26.2 Å². The van der Waals surface area contributed by atoms with Gasteiger partial charge in [0, 0.05) is 18.1 Å². The molecule has 208 valence electrons. The Labute approximate surface area is 244 Å². The van der Waals surface area contributed by atoms with Crippen LogP contribution in [0.1, 0.15) is 31.4 Å². The van der Waals surface area contributed by atoms with Crippen molar-refractivity contribution in [3.05, 3.63) is 92.9 Å². The lowest BCUT2D eigenvalue weighted by Crippen LogP contribution is -2.52. The van der Waals surface area contributed by atoms with E-state index in [4.69, 9.17) is 34.8 Å². The Kier molecular flexibility index (Phi) is 10.7. The summed E-state index contributed by atoms with van der Waals surface area (Å²) in [6.07, 6.45) is 0.313. The Morgan fingerprint density at radius 1 is 0.897 bits per heavy atom. The van der Waals surface area contributed by atoms with Crippen molar-refractivity contribution in [2.45, 2.75) is 44.7 Å². The number of anilines is 1. The lowest BCUT2D eigenvalue weighted by molar-refractivity contribution is -0.140. The average molecular weight is 611 g/mol. The van der Waals surface area contributed by atoms with Crippen LogP contribution in [0.3, 0.4) is 0 Å². The highest BCUT2D eigenvalue weighted by Crippen LogP contribution is 2.27. The minimum Gasteiger partial charge on any atom is -0.355 e. The highest BCUT2D eigenvalue weighted by Gasteiger charge is 2.33. The van der Waals surface area contributed by atoms with Crippen LogP contribution in [0.5, 0.6) is 0 Å². The SMILES string of the molecule is CCNC(=O)[C@@H](CC)N(Cc1ccc(Cl)c(Cl)c1)C(=O)CN(c1ccc(C)cc1)S(=O)(=O)c1ccc(Cl)cc1. The van der Waals surface area contributed by atoms with Gasteiger partial charge in [0.1, 0.15) is 12.6 Å². The van der Waals surface area contributed by atoms with Gasteiger partial charge in [-0.3, -0.25) is 13.9 Å². The Morgan fingerprint density at radius 2 is 1.54 bits per heavy atom. The number of sulfonamides is 1. The highest BCUT2D eigenvalue weighted by molar-refractivity contribution is 7.92. The van der Waals surface area contributed by atoms with Crippen molar-refractivity contribution in [3.63, 3.8) is 0 Å². The summed E-state index contributed by atoms with van der Waals surface area (Å²) in [5, 5.41) is 3.81. The van der Waals surface area contributed by atoms with Crippen LogP contribution < -0.4 is 9.62 Å². The number of benzene rings is 3. The van der Waals surface area contributed by atoms with Crippen molar-refractivity contribution in [3.8, 4) is 0 Å². The van der Waals surface area contributed by atoms with Gasteiger partial charge in [0.25, 0.3) is 10.0 Å². The van der Waals surface area contributed by atoms with Gasteiger partial charge in [-0.25, -0.2) is 8.42 Å². The second-order valence-corrected chi connectivity index (χ2v) is 12.0. The third-order valence-electron chi connectivity index (χ3n) is 6.08. The molecule has 0 heterocycles. The van der Waals surface area contributed by atoms with Crippen molar-refractivity contribution >= 4 is 62.3 Å². The molecule has 7 nitrogen and oxygen atoms in total. The molecule has 0 saturated heterocycles. The van der Waals surface area contributed by atoms with E-state index in [1.54, 1.807) is 56.3 Å². The van der Waals surface area contributed by atoms with E-state index in [0.717, 1.165) is 9.87 Å². The van der Waals surface area contributed by atoms with Crippen molar-refractivity contribution in [2.24, 2.45) is 0 Å². The molecule has 0 fully saturated rings. The number of nitrogens with zero attached hydrogens (tertiary/aromatic N) is 2. The van der Waals surface area contributed by atoms with Crippen LogP contribution in [-0.4, -0.2) is 44.3 Å². The zero-order valence-corrected chi connectivity index (χ0v) is 24.9. The van der Waals surface area contributed by atoms with Crippen LogP contribution in [0.4, 0.5) is 5.69 Å². The fourth-order valence-corrected chi connectivity index (χ4v) is 5.88. The Hall–Kier alpha value is -2.78. The molecular weight excluding hydrogens is 581 g/mol. The third-order valence-corrected chi connectivity index (χ3v) is 8.86. The number of aryl methyl sites for hydroxylation is 1. The molecular formula is C28H30Cl3N3O4S. The molecule has 0 aliphatic carbocycles. The molecule has 0 spiro atoms. The Morgan fingerprint density at radius 3 is 2.10 bits per heavy atom. The summed E-state index contributed by atoms with van der Waals surface area (Å²) in [4.78, 5) is 28.3. The molecule has 0 aliphatic rings. The molecule has 1 atom stereocenters. The van der Waals surface area contributed by atoms with Crippen molar-refractivity contribution < 1.29 is 18.0 Å². The van der Waals surface area contributed by atoms with Crippen molar-refractivity contribution in [1.29, 1.82) is 0 Å². The summed E-state index contributed by atoms with van der Waals surface area (Å²) in [6.45, 7) is 5.32. The summed E-state index contributed by atoms with van der Waals surface area (Å²) in [7, 11) is -4.17. The minimum atomic E-state index is -4.17. The molecule has 3 aromatic rings. The quantitative estimate of drug-likeness (QED) is 0.285. The molecule has 3 aromatic carbocycles. The first-order chi connectivity index (χ1) is 18.5. The monoisotopic (exact) mass is 609 g/mol. The van der Waals surface area contributed by atoms with Gasteiger partial charge in [-0.2, -0.15) is 0 Å². The van der Waals surface area contributed by atoms with Crippen LogP contribution in [0.15, 0.2) is 71.6 Å². The number of hydrogen-bond donors (Lipinski definition) is 1. The standard InChI is InChI=1S/C28H30Cl3N3O4S/c1-4-26(28(36)32-5-2)33(17-20-8-15-24(30)25(31)16-20)27(35)18-34(22-11-6-19(3)7-12-22)39(37,38)23-13-9-21(29)10-14-23/h6-16,26H,4-5,17-18H2,1-3H3,(H,32,36)/t26-/m1/s1. The van der Waals surface area contributed by atoms with Gasteiger partial charge in [-0.05, 0) is 74.4 Å². The maximum atomic E-state index is 14.0. The number of nitrogens with one attached hydrogen (secondary N) is 1. The lowest BCUT2D eigenvalue weighted by atomic mass is 10.1. The molecule has 0 bridgehead atoms. The van der Waals surface area contributed by atoms with Crippen LogP contribution in [0.25, 0.3) is 0 Å². The summed E-state index contributed by atoms with van der Waals surface area (Å²) < 4.78 is 28.7. The fraction of sp³-hybridized carbons (Fsp3) is 0.286. The zero-order chi connectivity index (χ0) is 28.7. The number of carbonyl (C=O) groups is 2. The van der Waals surface area contributed by atoms with E-state index in [1.807, 2.05) is 6.92 Å². The van der Waals surface area contributed by atoms with E-state index in [0.29, 0.717) is 39.3 Å². The topological polar surface area (TPSA) is 86.8 Å². The molecule has 0 aliphatic heterocycles. The molecule has 3 rings (SSSR count). The third kappa shape index (κ3) is 7.66. The van der Waals surface area contributed by atoms with Gasteiger partial charge in [-0.1, -0.05) is 65.5 Å². The van der Waals surface area contributed by atoms with Gasteiger partial charge in [0.2, 0.25) is 11.8 Å². The van der Waals surface area contributed by atoms with E-state index in [9.17, 15) is 18.0 Å². The van der Waals surface area contributed by atoms with Gasteiger partial charge >= 0.3 is 0 Å². The number of amides is 2. The van der Waals surface area contributed by atoms with Crippen molar-refractivity contribution in [2.75, 3.05) is 17.4 Å². The Bertz CT molecular complexity index is 1410. The second-order valence-electron chi connectivity index (χ2n) is 8.89. The van der Waals surface area contributed by atoms with E-state index < -0.39 is 28.5 Å². The summed E-state index contributed by atoms with van der Waals surface area (Å²) in [5.41, 5.74) is 1.88. The predicted molar refractivity (Wildman–Crippen MR) is 157 cm³/mol. The molecule has 1 N–H and O–H groups in total. The first-order valence-electron chi connectivity index (χ1n) is 12.3. The number of hydrogen-bond acceptors (Lipinski definition) is 4. The maximum Gasteiger partial charge on any atom is 0.264 e. The van der Waals surface area contributed by atoms with E-state index in [2.05, 4.69) is 5.32 Å². The zero-order valence-electron chi connectivity index (χ0n) is 21.8. The van der Waals surface area contributed by atoms with E-state index in [-0.39, 0.29) is 17.3 Å². The van der Waals surface area contributed by atoms with Crippen molar-refractivity contribution in [1.82, 2.24) is 10.2 Å². The molecule has 39 heavy (non-hydrogen) atoms. The summed E-state index contributed by atoms with van der Waals surface area (Å²) in [5.74, 6) is -0.895.